The van der Waals surface area contributed by atoms with Gasteiger partial charge in [0.1, 0.15) is 0 Å². The first kappa shape index (κ1) is 20.9. The minimum atomic E-state index is -0.862. The number of hydrogen-bond acceptors (Lipinski definition) is 3. The molecule has 0 amide bonds. The maximum absolute atomic E-state index is 10.6. The Kier molecular flexibility index (Phi) is 11.5. The summed E-state index contributed by atoms with van der Waals surface area (Å²) in [5.74, 6) is -0.416. The van der Waals surface area contributed by atoms with Crippen molar-refractivity contribution in [1.82, 2.24) is 0 Å². The Balaban J connectivity index is 1.92. The quantitative estimate of drug-likeness (QED) is 0.329. The lowest BCUT2D eigenvalue weighted by Crippen LogP contribution is -2.09. The van der Waals surface area contributed by atoms with Gasteiger partial charge in [-0.25, -0.2) is 0 Å². The van der Waals surface area contributed by atoms with Crippen molar-refractivity contribution >= 4 is 5.97 Å². The monoisotopic (exact) mass is 338 g/mol. The van der Waals surface area contributed by atoms with Crippen molar-refractivity contribution in [3.63, 3.8) is 0 Å². The molecule has 4 heteroatoms. The highest BCUT2D eigenvalue weighted by Gasteiger charge is 2.14. The highest BCUT2D eigenvalue weighted by atomic mass is 16.4. The van der Waals surface area contributed by atoms with Gasteiger partial charge in [-0.2, -0.15) is 0 Å². The number of aliphatic hydroxyl groups excluding tert-OH is 2. The zero-order chi connectivity index (χ0) is 17.6. The number of carboxylic acid groups (broad SMARTS) is 1. The van der Waals surface area contributed by atoms with Crippen molar-refractivity contribution in [2.24, 2.45) is 11.8 Å². The summed E-state index contributed by atoms with van der Waals surface area (Å²) in [5.41, 5.74) is 1.22. The first-order valence-corrected chi connectivity index (χ1v) is 9.45. The van der Waals surface area contributed by atoms with E-state index in [4.69, 9.17) is 15.3 Å². The number of aliphatic hydroxyl groups is 2. The third kappa shape index (κ3) is 9.89. The minimum Gasteiger partial charge on any atom is -0.481 e. The minimum absolute atomic E-state index is 0.00296. The van der Waals surface area contributed by atoms with Crippen molar-refractivity contribution in [3.05, 3.63) is 23.8 Å². The molecule has 2 unspecified atom stereocenters. The largest absolute Gasteiger partial charge is 0.481 e. The normalized spacial score (nSPS) is 18.9. The molecule has 0 aliphatic heterocycles. The summed E-state index contributed by atoms with van der Waals surface area (Å²) >= 11 is 0. The van der Waals surface area contributed by atoms with Crippen LogP contribution >= 0.6 is 0 Å². The molecule has 4 nitrogen and oxygen atoms in total. The Morgan fingerprint density at radius 2 is 1.88 bits per heavy atom. The standard InChI is InChI=1S/C20H34O4/c21-15-18(14-20(23)24)10-8-6-4-2-1-3-5-7-9-17-11-12-19(13-17)16-22/h8,10,13,17-18,21-22H,1-7,9,11-12,14-16H2,(H,23,24). The van der Waals surface area contributed by atoms with E-state index >= 15 is 0 Å². The van der Waals surface area contributed by atoms with Gasteiger partial charge in [0.25, 0.3) is 0 Å². The predicted octanol–water partition coefficient (Wildman–Crippen LogP) is 4.08. The van der Waals surface area contributed by atoms with Crippen LogP contribution < -0.4 is 0 Å². The molecule has 1 rings (SSSR count). The van der Waals surface area contributed by atoms with Crippen LogP contribution in [-0.4, -0.2) is 34.5 Å². The first-order chi connectivity index (χ1) is 11.7. The molecule has 2 atom stereocenters. The summed E-state index contributed by atoms with van der Waals surface area (Å²) in [5, 5.41) is 26.9. The summed E-state index contributed by atoms with van der Waals surface area (Å²) in [7, 11) is 0. The van der Waals surface area contributed by atoms with Gasteiger partial charge in [-0.3, -0.25) is 4.79 Å². The fraction of sp³-hybridized carbons (Fsp3) is 0.750. The van der Waals surface area contributed by atoms with Crippen molar-refractivity contribution in [1.29, 1.82) is 0 Å². The van der Waals surface area contributed by atoms with Gasteiger partial charge in [0.15, 0.2) is 0 Å². The van der Waals surface area contributed by atoms with E-state index < -0.39 is 5.97 Å². The topological polar surface area (TPSA) is 77.8 Å². The van der Waals surface area contributed by atoms with E-state index in [1.807, 2.05) is 12.2 Å². The third-order valence-electron chi connectivity index (χ3n) is 4.79. The van der Waals surface area contributed by atoms with Gasteiger partial charge in [-0.05, 0) is 43.6 Å². The van der Waals surface area contributed by atoms with Crippen molar-refractivity contribution < 1.29 is 20.1 Å². The molecule has 0 aromatic heterocycles. The number of hydrogen-bond donors (Lipinski definition) is 3. The van der Waals surface area contributed by atoms with Crippen molar-refractivity contribution in [2.75, 3.05) is 13.2 Å². The molecule has 24 heavy (non-hydrogen) atoms. The smallest absolute Gasteiger partial charge is 0.304 e. The van der Waals surface area contributed by atoms with Crippen molar-refractivity contribution in [2.45, 2.75) is 70.6 Å². The maximum Gasteiger partial charge on any atom is 0.304 e. The average molecular weight is 338 g/mol. The molecular formula is C20H34O4. The van der Waals surface area contributed by atoms with Crippen LogP contribution in [0.2, 0.25) is 0 Å². The summed E-state index contributed by atoms with van der Waals surface area (Å²) in [4.78, 5) is 10.6. The molecule has 0 aromatic carbocycles. The summed E-state index contributed by atoms with van der Waals surface area (Å²) in [6.45, 7) is 0.138. The van der Waals surface area contributed by atoms with Crippen LogP contribution in [0.3, 0.4) is 0 Å². The molecule has 0 heterocycles. The number of allylic oxidation sites excluding steroid dienone is 2. The molecule has 3 N–H and O–H groups in total. The average Bonchev–Trinajstić information content (AvgIpc) is 3.03. The van der Waals surface area contributed by atoms with E-state index in [-0.39, 0.29) is 25.6 Å². The molecule has 138 valence electrons. The lowest BCUT2D eigenvalue weighted by molar-refractivity contribution is -0.138. The molecule has 0 aromatic rings. The van der Waals surface area contributed by atoms with E-state index in [1.54, 1.807) is 0 Å². The maximum atomic E-state index is 10.6. The van der Waals surface area contributed by atoms with Gasteiger partial charge in [0.05, 0.1) is 13.0 Å². The molecular weight excluding hydrogens is 304 g/mol. The van der Waals surface area contributed by atoms with Gasteiger partial charge in [-0.15, -0.1) is 0 Å². The predicted molar refractivity (Wildman–Crippen MR) is 96.8 cm³/mol. The van der Waals surface area contributed by atoms with Gasteiger partial charge < -0.3 is 15.3 Å². The second-order valence-corrected chi connectivity index (χ2v) is 6.95. The van der Waals surface area contributed by atoms with Crippen LogP contribution in [0.1, 0.15) is 70.6 Å². The zero-order valence-corrected chi connectivity index (χ0v) is 14.8. The summed E-state index contributed by atoms with van der Waals surface area (Å²) < 4.78 is 0. The van der Waals surface area contributed by atoms with Crippen LogP contribution in [0, 0.1) is 11.8 Å². The Morgan fingerprint density at radius 1 is 1.17 bits per heavy atom. The van der Waals surface area contributed by atoms with E-state index in [0.29, 0.717) is 5.92 Å². The third-order valence-corrected chi connectivity index (χ3v) is 4.79. The highest BCUT2D eigenvalue weighted by molar-refractivity contribution is 5.67. The number of aliphatic carboxylic acids is 1. The second kappa shape index (κ2) is 13.2. The van der Waals surface area contributed by atoms with E-state index in [2.05, 4.69) is 6.08 Å². The fourth-order valence-electron chi connectivity index (χ4n) is 3.31. The lowest BCUT2D eigenvalue weighted by Gasteiger charge is -2.06. The SMILES string of the molecule is O=C(O)CC(C=CCCCCCCCCC1C=C(CO)CC1)CO. The Morgan fingerprint density at radius 3 is 2.50 bits per heavy atom. The van der Waals surface area contributed by atoms with Crippen LogP contribution in [0.25, 0.3) is 0 Å². The van der Waals surface area contributed by atoms with E-state index in [1.165, 1.54) is 50.5 Å². The van der Waals surface area contributed by atoms with Crippen LogP contribution in [0.5, 0.6) is 0 Å². The molecule has 0 bridgehead atoms. The van der Waals surface area contributed by atoms with Crippen LogP contribution in [0.15, 0.2) is 23.8 Å². The second-order valence-electron chi connectivity index (χ2n) is 6.95. The van der Waals surface area contributed by atoms with Gasteiger partial charge >= 0.3 is 5.97 Å². The van der Waals surface area contributed by atoms with E-state index in [0.717, 1.165) is 19.3 Å². The Bertz CT molecular complexity index is 400. The summed E-state index contributed by atoms with van der Waals surface area (Å²) in [6, 6.07) is 0. The Labute approximate surface area is 146 Å². The molecule has 1 aliphatic carbocycles. The number of unbranched alkanes of at least 4 members (excludes halogenated alkanes) is 6. The summed E-state index contributed by atoms with van der Waals surface area (Å²) in [6.07, 6.45) is 18.1. The highest BCUT2D eigenvalue weighted by Crippen LogP contribution is 2.28. The van der Waals surface area contributed by atoms with Gasteiger partial charge in [-0.1, -0.05) is 50.3 Å². The number of carbonyl (C=O) groups is 1. The first-order valence-electron chi connectivity index (χ1n) is 9.45. The molecule has 0 fully saturated rings. The molecule has 0 radical (unpaired) electrons. The van der Waals surface area contributed by atoms with Crippen LogP contribution in [0.4, 0.5) is 0 Å². The molecule has 0 saturated carbocycles. The number of rotatable bonds is 14. The van der Waals surface area contributed by atoms with E-state index in [9.17, 15) is 4.79 Å². The van der Waals surface area contributed by atoms with Gasteiger partial charge in [0.2, 0.25) is 0 Å². The molecule has 0 saturated heterocycles. The van der Waals surface area contributed by atoms with Gasteiger partial charge in [0, 0.05) is 12.5 Å². The molecule has 0 spiro atoms. The molecule has 1 aliphatic rings. The van der Waals surface area contributed by atoms with Crippen molar-refractivity contribution in [3.8, 4) is 0 Å². The lowest BCUT2D eigenvalue weighted by atomic mass is 9.99. The number of carboxylic acids is 1. The Hall–Kier alpha value is -1.13. The van der Waals surface area contributed by atoms with Crippen LogP contribution in [-0.2, 0) is 4.79 Å². The fourth-order valence-corrected chi connectivity index (χ4v) is 3.31. The zero-order valence-electron chi connectivity index (χ0n) is 14.8.